The number of amides is 2. The third-order valence-corrected chi connectivity index (χ3v) is 4.28. The third-order valence-electron chi connectivity index (χ3n) is 4.28. The van der Waals surface area contributed by atoms with Crippen molar-refractivity contribution in [2.24, 2.45) is 5.92 Å². The molecule has 0 saturated heterocycles. The Bertz CT molecular complexity index is 478. The summed E-state index contributed by atoms with van der Waals surface area (Å²) >= 11 is 0. The van der Waals surface area contributed by atoms with Crippen LogP contribution in [-0.2, 0) is 6.42 Å². The number of hydrogen-bond acceptors (Lipinski definition) is 3. The number of nitrogens with one attached hydrogen (secondary N) is 1. The fourth-order valence-corrected chi connectivity index (χ4v) is 2.89. The van der Waals surface area contributed by atoms with Crippen molar-refractivity contribution in [2.75, 3.05) is 20.1 Å². The topological polar surface area (TPSA) is 65.5 Å². The van der Waals surface area contributed by atoms with Crippen LogP contribution in [0, 0.1) is 12.8 Å². The van der Waals surface area contributed by atoms with Crippen LogP contribution in [0.15, 0.2) is 18.5 Å². The number of urea groups is 1. The van der Waals surface area contributed by atoms with Crippen LogP contribution in [0.25, 0.3) is 0 Å². The van der Waals surface area contributed by atoms with Gasteiger partial charge in [-0.3, -0.25) is 4.98 Å². The van der Waals surface area contributed by atoms with Crippen LogP contribution in [0.5, 0.6) is 0 Å². The van der Waals surface area contributed by atoms with E-state index in [1.54, 1.807) is 18.1 Å². The molecule has 116 valence electrons. The molecule has 1 aromatic heterocycles. The molecule has 1 aliphatic rings. The van der Waals surface area contributed by atoms with E-state index < -0.39 is 0 Å². The average Bonchev–Trinajstić information content (AvgIpc) is 2.86. The molecule has 1 saturated carbocycles. The second-order valence-electron chi connectivity index (χ2n) is 5.92. The molecule has 2 unspecified atom stereocenters. The van der Waals surface area contributed by atoms with Crippen LogP contribution < -0.4 is 5.32 Å². The summed E-state index contributed by atoms with van der Waals surface area (Å²) in [7, 11) is 1.79. The molecule has 2 amide bonds. The van der Waals surface area contributed by atoms with E-state index in [0.29, 0.717) is 13.1 Å². The van der Waals surface area contributed by atoms with E-state index in [1.807, 2.05) is 19.2 Å². The zero-order chi connectivity index (χ0) is 15.2. The van der Waals surface area contributed by atoms with Crippen molar-refractivity contribution in [1.82, 2.24) is 15.2 Å². The first-order chi connectivity index (χ1) is 10.1. The quantitative estimate of drug-likeness (QED) is 0.868. The Labute approximate surface area is 126 Å². The van der Waals surface area contributed by atoms with E-state index in [2.05, 4.69) is 10.3 Å². The van der Waals surface area contributed by atoms with Gasteiger partial charge >= 0.3 is 6.03 Å². The first kappa shape index (κ1) is 15.8. The fraction of sp³-hybridized carbons (Fsp3) is 0.625. The van der Waals surface area contributed by atoms with Gasteiger partial charge in [-0.1, -0.05) is 6.42 Å². The Morgan fingerprint density at radius 3 is 3.00 bits per heavy atom. The number of nitrogens with zero attached hydrogens (tertiary/aromatic N) is 2. The molecule has 0 bridgehead atoms. The molecule has 0 aliphatic heterocycles. The first-order valence-corrected chi connectivity index (χ1v) is 7.64. The summed E-state index contributed by atoms with van der Waals surface area (Å²) < 4.78 is 0. The number of aliphatic hydroxyl groups is 1. The zero-order valence-electron chi connectivity index (χ0n) is 12.9. The maximum absolute atomic E-state index is 12.0. The van der Waals surface area contributed by atoms with Gasteiger partial charge in [-0.15, -0.1) is 0 Å². The molecule has 5 nitrogen and oxygen atoms in total. The lowest BCUT2D eigenvalue weighted by molar-refractivity contribution is 0.114. The molecule has 1 aliphatic carbocycles. The molecule has 1 fully saturated rings. The van der Waals surface area contributed by atoms with E-state index in [1.165, 1.54) is 5.56 Å². The van der Waals surface area contributed by atoms with Gasteiger partial charge in [-0.25, -0.2) is 4.79 Å². The van der Waals surface area contributed by atoms with Crippen molar-refractivity contribution < 1.29 is 9.90 Å². The van der Waals surface area contributed by atoms with E-state index in [0.717, 1.165) is 31.2 Å². The molecule has 0 aromatic carbocycles. The van der Waals surface area contributed by atoms with Crippen molar-refractivity contribution in [3.05, 3.63) is 29.6 Å². The molecular formula is C16H25N3O2. The van der Waals surface area contributed by atoms with Gasteiger partial charge in [0.2, 0.25) is 0 Å². The van der Waals surface area contributed by atoms with Crippen LogP contribution in [0.3, 0.4) is 0 Å². The number of carbonyl (C=O) groups excluding carboxylic acids is 1. The first-order valence-electron chi connectivity index (χ1n) is 7.64. The van der Waals surface area contributed by atoms with Gasteiger partial charge in [-0.05, 0) is 43.4 Å². The van der Waals surface area contributed by atoms with Gasteiger partial charge in [0.15, 0.2) is 0 Å². The van der Waals surface area contributed by atoms with Crippen molar-refractivity contribution in [3.63, 3.8) is 0 Å². The van der Waals surface area contributed by atoms with Gasteiger partial charge < -0.3 is 15.3 Å². The summed E-state index contributed by atoms with van der Waals surface area (Å²) in [6, 6.07) is 1.92. The SMILES string of the molecule is Cc1cnccc1CCNC(=O)N(C)CC1CCCC1O. The van der Waals surface area contributed by atoms with Gasteiger partial charge in [0, 0.05) is 38.4 Å². The highest BCUT2D eigenvalue weighted by Gasteiger charge is 2.27. The lowest BCUT2D eigenvalue weighted by atomic mass is 10.1. The standard InChI is InChI=1S/C16H25N3O2/c1-12-10-17-8-6-13(12)7-9-18-16(21)19(2)11-14-4-3-5-15(14)20/h6,8,10,14-15,20H,3-5,7,9,11H2,1-2H3,(H,18,21). The summed E-state index contributed by atoms with van der Waals surface area (Å²) in [6.45, 7) is 3.26. The Balaban J connectivity index is 1.72. The predicted molar refractivity (Wildman–Crippen MR) is 82.1 cm³/mol. The number of rotatable bonds is 5. The van der Waals surface area contributed by atoms with Gasteiger partial charge in [0.25, 0.3) is 0 Å². The van der Waals surface area contributed by atoms with E-state index in [-0.39, 0.29) is 18.1 Å². The van der Waals surface area contributed by atoms with Crippen LogP contribution >= 0.6 is 0 Å². The van der Waals surface area contributed by atoms with Crippen LogP contribution in [0.1, 0.15) is 30.4 Å². The second kappa shape index (κ2) is 7.41. The Morgan fingerprint density at radius 1 is 1.52 bits per heavy atom. The minimum Gasteiger partial charge on any atom is -0.393 e. The van der Waals surface area contributed by atoms with Gasteiger partial charge in [0.05, 0.1) is 6.10 Å². The number of aliphatic hydroxyl groups excluding tert-OH is 1. The van der Waals surface area contributed by atoms with Crippen molar-refractivity contribution in [2.45, 2.75) is 38.7 Å². The zero-order valence-corrected chi connectivity index (χ0v) is 12.9. The molecule has 21 heavy (non-hydrogen) atoms. The lowest BCUT2D eigenvalue weighted by Gasteiger charge is -2.23. The fourth-order valence-electron chi connectivity index (χ4n) is 2.89. The number of carbonyl (C=O) groups is 1. The number of aryl methyl sites for hydroxylation is 1. The van der Waals surface area contributed by atoms with Gasteiger partial charge in [-0.2, -0.15) is 0 Å². The Morgan fingerprint density at radius 2 is 2.33 bits per heavy atom. The van der Waals surface area contributed by atoms with Crippen LogP contribution in [0.2, 0.25) is 0 Å². The molecule has 2 rings (SSSR count). The predicted octanol–water partition coefficient (Wildman–Crippen LogP) is 1.73. The summed E-state index contributed by atoms with van der Waals surface area (Å²) in [5, 5.41) is 12.7. The summed E-state index contributed by atoms with van der Waals surface area (Å²) in [5.41, 5.74) is 2.35. The minimum absolute atomic E-state index is 0.0687. The highest BCUT2D eigenvalue weighted by atomic mass is 16.3. The smallest absolute Gasteiger partial charge is 0.317 e. The Hall–Kier alpha value is -1.62. The molecule has 1 heterocycles. The number of aromatic nitrogens is 1. The molecule has 5 heteroatoms. The molecular weight excluding hydrogens is 266 g/mol. The maximum Gasteiger partial charge on any atom is 0.317 e. The van der Waals surface area contributed by atoms with E-state index >= 15 is 0 Å². The highest BCUT2D eigenvalue weighted by molar-refractivity contribution is 5.73. The monoisotopic (exact) mass is 291 g/mol. The highest BCUT2D eigenvalue weighted by Crippen LogP contribution is 2.25. The van der Waals surface area contributed by atoms with Crippen molar-refractivity contribution >= 4 is 6.03 Å². The lowest BCUT2D eigenvalue weighted by Crippen LogP contribution is -2.41. The molecule has 2 N–H and O–H groups in total. The van der Waals surface area contributed by atoms with Crippen LogP contribution in [-0.4, -0.2) is 47.3 Å². The summed E-state index contributed by atoms with van der Waals surface area (Å²) in [5.74, 6) is 0.225. The number of pyridine rings is 1. The maximum atomic E-state index is 12.0. The van der Waals surface area contributed by atoms with Crippen LogP contribution in [0.4, 0.5) is 4.79 Å². The van der Waals surface area contributed by atoms with Gasteiger partial charge in [0.1, 0.15) is 0 Å². The third kappa shape index (κ3) is 4.43. The average molecular weight is 291 g/mol. The normalized spacial score (nSPS) is 21.3. The number of hydrogen-bond donors (Lipinski definition) is 2. The minimum atomic E-state index is -0.250. The summed E-state index contributed by atoms with van der Waals surface area (Å²) in [6.07, 6.45) is 7.10. The molecule has 1 aromatic rings. The summed E-state index contributed by atoms with van der Waals surface area (Å²) in [4.78, 5) is 17.8. The van der Waals surface area contributed by atoms with E-state index in [9.17, 15) is 9.90 Å². The van der Waals surface area contributed by atoms with Crippen molar-refractivity contribution in [1.29, 1.82) is 0 Å². The second-order valence-corrected chi connectivity index (χ2v) is 5.92. The van der Waals surface area contributed by atoms with E-state index in [4.69, 9.17) is 0 Å². The molecule has 0 spiro atoms. The largest absolute Gasteiger partial charge is 0.393 e. The molecule has 0 radical (unpaired) electrons. The molecule has 2 atom stereocenters. The van der Waals surface area contributed by atoms with Crippen molar-refractivity contribution in [3.8, 4) is 0 Å². The Kier molecular flexibility index (Phi) is 5.56.